The third kappa shape index (κ3) is 7.08. The fourth-order valence-corrected chi connectivity index (χ4v) is 4.13. The first-order chi connectivity index (χ1) is 16.1. The van der Waals surface area contributed by atoms with Crippen LogP contribution in [0.25, 0.3) is 0 Å². The van der Waals surface area contributed by atoms with Gasteiger partial charge in [0.05, 0.1) is 17.6 Å². The number of hydrogen-bond acceptors (Lipinski definition) is 5. The number of nitrogens with one attached hydrogen (secondary N) is 2. The minimum Gasteiger partial charge on any atom is -0.374 e. The Bertz CT molecular complexity index is 1250. The minimum absolute atomic E-state index is 0.0661. The van der Waals surface area contributed by atoms with Gasteiger partial charge in [0.25, 0.3) is 5.91 Å². The second-order valence-corrected chi connectivity index (χ2v) is 9.88. The Morgan fingerprint density at radius 2 is 1.53 bits per heavy atom. The van der Waals surface area contributed by atoms with Crippen LogP contribution in [0, 0.1) is 0 Å². The number of ether oxygens (including phenoxy) is 1. The normalized spacial score (nSPS) is 11.4. The largest absolute Gasteiger partial charge is 0.374 e. The van der Waals surface area contributed by atoms with Gasteiger partial charge in [-0.3, -0.25) is 9.59 Å². The van der Waals surface area contributed by atoms with Gasteiger partial charge in [-0.1, -0.05) is 36.4 Å². The van der Waals surface area contributed by atoms with Crippen molar-refractivity contribution in [2.24, 2.45) is 0 Å². The van der Waals surface area contributed by atoms with Crippen molar-refractivity contribution in [3.05, 3.63) is 95.1 Å². The molecule has 0 spiro atoms. The summed E-state index contributed by atoms with van der Waals surface area (Å²) in [4.78, 5) is 24.0. The molecule has 0 aromatic heterocycles. The van der Waals surface area contributed by atoms with Crippen molar-refractivity contribution < 1.29 is 22.7 Å². The second kappa shape index (κ2) is 11.2. The molecule has 3 aromatic rings. The number of Topliss-reactive ketones (excluding diaryl/α,β-unsaturated/α-hetero) is 1. The van der Waals surface area contributed by atoms with E-state index in [0.29, 0.717) is 29.0 Å². The lowest BCUT2D eigenvalue weighted by atomic mass is 10.1. The van der Waals surface area contributed by atoms with Gasteiger partial charge in [-0.05, 0) is 68.3 Å². The Kier molecular flexibility index (Phi) is 8.33. The SMILES string of the molecule is CC(=O)c1ccc(S(=O)(=O)NCc2ccc(C(=O)Nc3cccc(COC(C)C)c3)cc2)cc1. The fraction of sp³-hybridized carbons (Fsp3) is 0.231. The molecular formula is C26H28N2O5S. The van der Waals surface area contributed by atoms with E-state index in [9.17, 15) is 18.0 Å². The molecule has 0 saturated carbocycles. The molecule has 0 fully saturated rings. The van der Waals surface area contributed by atoms with Gasteiger partial charge in [0.15, 0.2) is 5.78 Å². The third-order valence-corrected chi connectivity index (χ3v) is 6.44. The molecule has 178 valence electrons. The quantitative estimate of drug-likeness (QED) is 0.415. The maximum absolute atomic E-state index is 12.6. The predicted octanol–water partition coefficient (Wildman–Crippen LogP) is 4.55. The number of ketones is 1. The molecule has 1 amide bonds. The van der Waals surface area contributed by atoms with Gasteiger partial charge >= 0.3 is 0 Å². The van der Waals surface area contributed by atoms with Crippen molar-refractivity contribution in [2.75, 3.05) is 5.32 Å². The molecule has 0 saturated heterocycles. The maximum Gasteiger partial charge on any atom is 0.255 e. The molecule has 0 atom stereocenters. The summed E-state index contributed by atoms with van der Waals surface area (Å²) in [6.45, 7) is 5.88. The summed E-state index contributed by atoms with van der Waals surface area (Å²) in [5, 5.41) is 2.87. The molecule has 8 heteroatoms. The van der Waals surface area contributed by atoms with Crippen LogP contribution in [0.2, 0.25) is 0 Å². The monoisotopic (exact) mass is 480 g/mol. The summed E-state index contributed by atoms with van der Waals surface area (Å²) in [5.74, 6) is -0.395. The van der Waals surface area contributed by atoms with E-state index in [1.54, 1.807) is 24.3 Å². The van der Waals surface area contributed by atoms with E-state index < -0.39 is 10.0 Å². The summed E-state index contributed by atoms with van der Waals surface area (Å²) < 4.78 is 33.1. The van der Waals surface area contributed by atoms with Crippen molar-refractivity contribution in [2.45, 2.75) is 44.9 Å². The Morgan fingerprint density at radius 1 is 0.882 bits per heavy atom. The first-order valence-corrected chi connectivity index (χ1v) is 12.3. The van der Waals surface area contributed by atoms with E-state index in [4.69, 9.17) is 4.74 Å². The highest BCUT2D eigenvalue weighted by molar-refractivity contribution is 7.89. The van der Waals surface area contributed by atoms with Crippen LogP contribution in [0.3, 0.4) is 0 Å². The molecule has 0 aliphatic heterocycles. The molecule has 0 radical (unpaired) electrons. The third-order valence-electron chi connectivity index (χ3n) is 5.02. The lowest BCUT2D eigenvalue weighted by Gasteiger charge is -2.10. The van der Waals surface area contributed by atoms with Crippen LogP contribution in [-0.2, 0) is 27.9 Å². The molecule has 0 unspecified atom stereocenters. The molecule has 0 aliphatic rings. The number of carbonyl (C=O) groups excluding carboxylic acids is 2. The molecule has 0 bridgehead atoms. The van der Waals surface area contributed by atoms with Crippen molar-refractivity contribution in [3.63, 3.8) is 0 Å². The number of carbonyl (C=O) groups is 2. The van der Waals surface area contributed by atoms with Crippen molar-refractivity contribution in [1.82, 2.24) is 4.72 Å². The van der Waals surface area contributed by atoms with Gasteiger partial charge in [0.2, 0.25) is 10.0 Å². The minimum atomic E-state index is -3.73. The summed E-state index contributed by atoms with van der Waals surface area (Å²) in [6, 6.07) is 19.9. The van der Waals surface area contributed by atoms with Crippen LogP contribution in [0.1, 0.15) is 52.6 Å². The summed E-state index contributed by atoms with van der Waals surface area (Å²) in [5.41, 5.74) is 3.24. The molecule has 2 N–H and O–H groups in total. The van der Waals surface area contributed by atoms with Gasteiger partial charge in [-0.15, -0.1) is 0 Å². The van der Waals surface area contributed by atoms with Crippen LogP contribution < -0.4 is 10.0 Å². The van der Waals surface area contributed by atoms with E-state index >= 15 is 0 Å². The molecule has 0 heterocycles. The smallest absolute Gasteiger partial charge is 0.255 e. The van der Waals surface area contributed by atoms with E-state index in [1.165, 1.54) is 31.2 Å². The number of amides is 1. The van der Waals surface area contributed by atoms with Crippen LogP contribution in [0.15, 0.2) is 77.7 Å². The van der Waals surface area contributed by atoms with Gasteiger partial charge < -0.3 is 10.1 Å². The van der Waals surface area contributed by atoms with Crippen LogP contribution >= 0.6 is 0 Å². The lowest BCUT2D eigenvalue weighted by Crippen LogP contribution is -2.23. The topological polar surface area (TPSA) is 102 Å². The van der Waals surface area contributed by atoms with E-state index in [0.717, 1.165) is 5.56 Å². The number of hydrogen-bond donors (Lipinski definition) is 2. The van der Waals surface area contributed by atoms with Crippen molar-refractivity contribution in [3.8, 4) is 0 Å². The summed E-state index contributed by atoms with van der Waals surface area (Å²) in [6.07, 6.45) is 0.119. The zero-order valence-corrected chi connectivity index (χ0v) is 20.2. The number of sulfonamides is 1. The molecule has 34 heavy (non-hydrogen) atoms. The van der Waals surface area contributed by atoms with Crippen molar-refractivity contribution >= 4 is 27.4 Å². The first-order valence-electron chi connectivity index (χ1n) is 10.9. The van der Waals surface area contributed by atoms with E-state index in [2.05, 4.69) is 10.0 Å². The van der Waals surface area contributed by atoms with Crippen LogP contribution in [0.4, 0.5) is 5.69 Å². The average Bonchev–Trinajstić information content (AvgIpc) is 2.82. The zero-order valence-electron chi connectivity index (χ0n) is 19.4. The van der Waals surface area contributed by atoms with Gasteiger partial charge in [0.1, 0.15) is 0 Å². The van der Waals surface area contributed by atoms with E-state index in [1.807, 2.05) is 38.1 Å². The van der Waals surface area contributed by atoms with Gasteiger partial charge in [0, 0.05) is 23.4 Å². The highest BCUT2D eigenvalue weighted by Crippen LogP contribution is 2.15. The molecule has 3 rings (SSSR count). The van der Waals surface area contributed by atoms with Gasteiger partial charge in [-0.2, -0.15) is 0 Å². The van der Waals surface area contributed by atoms with Crippen LogP contribution in [-0.4, -0.2) is 26.2 Å². The summed E-state index contributed by atoms with van der Waals surface area (Å²) >= 11 is 0. The van der Waals surface area contributed by atoms with Gasteiger partial charge in [-0.25, -0.2) is 13.1 Å². The lowest BCUT2D eigenvalue weighted by molar-refractivity contribution is 0.0657. The molecule has 0 aliphatic carbocycles. The molecule has 3 aromatic carbocycles. The highest BCUT2D eigenvalue weighted by Gasteiger charge is 2.14. The number of rotatable bonds is 10. The number of benzene rings is 3. The van der Waals surface area contributed by atoms with Crippen LogP contribution in [0.5, 0.6) is 0 Å². The Hall–Kier alpha value is -3.33. The maximum atomic E-state index is 12.6. The Labute approximate surface area is 200 Å². The fourth-order valence-electron chi connectivity index (χ4n) is 3.11. The summed E-state index contributed by atoms with van der Waals surface area (Å²) in [7, 11) is -3.73. The molecule has 7 nitrogen and oxygen atoms in total. The zero-order chi connectivity index (χ0) is 24.7. The first kappa shape index (κ1) is 25.3. The predicted molar refractivity (Wildman–Crippen MR) is 131 cm³/mol. The van der Waals surface area contributed by atoms with E-state index in [-0.39, 0.29) is 29.2 Å². The second-order valence-electron chi connectivity index (χ2n) is 8.12. The molecular weight excluding hydrogens is 452 g/mol. The number of anilines is 1. The average molecular weight is 481 g/mol. The Morgan fingerprint density at radius 3 is 2.15 bits per heavy atom. The standard InChI is InChI=1S/C26H28N2O5S/c1-18(2)33-17-21-5-4-6-24(15-21)28-26(30)23-9-7-20(8-10-23)16-27-34(31,32)25-13-11-22(12-14-25)19(3)29/h4-15,18,27H,16-17H2,1-3H3,(H,28,30). The highest BCUT2D eigenvalue weighted by atomic mass is 32.2. The van der Waals surface area contributed by atoms with Crippen molar-refractivity contribution in [1.29, 1.82) is 0 Å². The Balaban J connectivity index is 1.59.